The smallest absolute Gasteiger partial charge is 0.354 e. The van der Waals surface area contributed by atoms with E-state index < -0.39 is 5.97 Å². The molecule has 0 bridgehead atoms. The lowest BCUT2D eigenvalue weighted by molar-refractivity contribution is 0.0689. The number of carbonyl (C=O) groups excluding carboxylic acids is 1. The van der Waals surface area contributed by atoms with E-state index in [9.17, 15) is 9.59 Å². The number of aromatic nitrogens is 1. The van der Waals surface area contributed by atoms with Crippen LogP contribution in [-0.4, -0.2) is 28.0 Å². The van der Waals surface area contributed by atoms with Gasteiger partial charge in [-0.3, -0.25) is 4.79 Å². The number of aromatic carboxylic acids is 1. The van der Waals surface area contributed by atoms with Gasteiger partial charge < -0.3 is 10.4 Å². The molecule has 1 heterocycles. The zero-order valence-corrected chi connectivity index (χ0v) is 9.23. The van der Waals surface area contributed by atoms with Crippen LogP contribution in [0, 0.1) is 0 Å². The van der Waals surface area contributed by atoms with Gasteiger partial charge in [-0.25, -0.2) is 9.78 Å². The Bertz CT molecular complexity index is 387. The van der Waals surface area contributed by atoms with E-state index >= 15 is 0 Å². The lowest BCUT2D eigenvalue weighted by Gasteiger charge is -2.10. The van der Waals surface area contributed by atoms with Gasteiger partial charge in [0.15, 0.2) is 0 Å². The molecule has 5 heteroatoms. The summed E-state index contributed by atoms with van der Waals surface area (Å²) in [6.07, 6.45) is 2.10. The largest absolute Gasteiger partial charge is 0.477 e. The highest BCUT2D eigenvalue weighted by atomic mass is 16.4. The summed E-state index contributed by atoms with van der Waals surface area (Å²) < 4.78 is 0. The molecule has 0 spiro atoms. The Balaban J connectivity index is 2.74. The molecule has 0 fully saturated rings. The lowest BCUT2D eigenvalue weighted by atomic mass is 10.2. The van der Waals surface area contributed by atoms with Gasteiger partial charge in [0.2, 0.25) is 0 Å². The first-order valence-corrected chi connectivity index (χ1v) is 5.04. The van der Waals surface area contributed by atoms with E-state index in [2.05, 4.69) is 10.3 Å². The third-order valence-electron chi connectivity index (χ3n) is 2.23. The first-order chi connectivity index (χ1) is 7.54. The third kappa shape index (κ3) is 3.05. The molecule has 0 aliphatic rings. The van der Waals surface area contributed by atoms with Crippen molar-refractivity contribution in [2.75, 3.05) is 0 Å². The van der Waals surface area contributed by atoms with Crippen molar-refractivity contribution < 1.29 is 14.7 Å². The molecular weight excluding hydrogens is 208 g/mol. The molecule has 0 aliphatic heterocycles. The molecule has 16 heavy (non-hydrogen) atoms. The average molecular weight is 222 g/mol. The van der Waals surface area contributed by atoms with E-state index in [1.165, 1.54) is 18.3 Å². The van der Waals surface area contributed by atoms with Crippen molar-refractivity contribution in [1.82, 2.24) is 10.3 Å². The Morgan fingerprint density at radius 1 is 1.50 bits per heavy atom. The number of rotatable bonds is 4. The number of hydrogen-bond acceptors (Lipinski definition) is 3. The predicted molar refractivity (Wildman–Crippen MR) is 58.4 cm³/mol. The van der Waals surface area contributed by atoms with Gasteiger partial charge in [0.25, 0.3) is 5.91 Å². The minimum atomic E-state index is -1.10. The minimum absolute atomic E-state index is 0.0694. The van der Waals surface area contributed by atoms with E-state index in [1.54, 1.807) is 0 Å². The summed E-state index contributed by atoms with van der Waals surface area (Å²) in [6.45, 7) is 3.87. The summed E-state index contributed by atoms with van der Waals surface area (Å²) >= 11 is 0. The molecule has 1 unspecified atom stereocenters. The van der Waals surface area contributed by atoms with Gasteiger partial charge in [-0.2, -0.15) is 0 Å². The molecule has 2 N–H and O–H groups in total. The molecule has 5 nitrogen and oxygen atoms in total. The van der Waals surface area contributed by atoms with Crippen LogP contribution in [0.15, 0.2) is 18.3 Å². The lowest BCUT2D eigenvalue weighted by Crippen LogP contribution is -2.32. The summed E-state index contributed by atoms with van der Waals surface area (Å²) in [6, 6.07) is 2.86. The topological polar surface area (TPSA) is 79.3 Å². The van der Waals surface area contributed by atoms with Gasteiger partial charge in [-0.05, 0) is 25.5 Å². The van der Waals surface area contributed by atoms with Gasteiger partial charge in [0, 0.05) is 12.2 Å². The number of carboxylic acid groups (broad SMARTS) is 1. The molecule has 1 aromatic rings. The standard InChI is InChI=1S/C11H14N2O3/c1-3-7(2)13-10(14)8-4-5-9(11(15)16)12-6-8/h4-7H,3H2,1-2H3,(H,13,14)(H,15,16). The van der Waals surface area contributed by atoms with Crippen molar-refractivity contribution in [2.45, 2.75) is 26.3 Å². The van der Waals surface area contributed by atoms with Gasteiger partial charge in [-0.15, -0.1) is 0 Å². The van der Waals surface area contributed by atoms with Crippen molar-refractivity contribution >= 4 is 11.9 Å². The van der Waals surface area contributed by atoms with Gasteiger partial charge in [0.1, 0.15) is 5.69 Å². The van der Waals surface area contributed by atoms with Crippen LogP contribution >= 0.6 is 0 Å². The summed E-state index contributed by atoms with van der Waals surface area (Å²) in [7, 11) is 0. The van der Waals surface area contributed by atoms with E-state index in [4.69, 9.17) is 5.11 Å². The molecule has 1 rings (SSSR count). The van der Waals surface area contributed by atoms with Gasteiger partial charge >= 0.3 is 5.97 Å². The summed E-state index contributed by atoms with van der Waals surface area (Å²) in [5, 5.41) is 11.4. The quantitative estimate of drug-likeness (QED) is 0.804. The van der Waals surface area contributed by atoms with Crippen LogP contribution in [0.25, 0.3) is 0 Å². The Labute approximate surface area is 93.5 Å². The first kappa shape index (κ1) is 12.2. The number of hydrogen-bond donors (Lipinski definition) is 2. The van der Waals surface area contributed by atoms with Crippen molar-refractivity contribution in [3.63, 3.8) is 0 Å². The van der Waals surface area contributed by atoms with Crippen molar-refractivity contribution in [1.29, 1.82) is 0 Å². The predicted octanol–water partition coefficient (Wildman–Crippen LogP) is 1.31. The number of pyridine rings is 1. The second-order valence-electron chi connectivity index (χ2n) is 3.52. The zero-order valence-electron chi connectivity index (χ0n) is 9.23. The fourth-order valence-corrected chi connectivity index (χ4v) is 1.06. The molecule has 1 atom stereocenters. The summed E-state index contributed by atoms with van der Waals surface area (Å²) in [5.74, 6) is -1.34. The monoisotopic (exact) mass is 222 g/mol. The summed E-state index contributed by atoms with van der Waals surface area (Å²) in [4.78, 5) is 25.8. The molecule has 0 radical (unpaired) electrons. The van der Waals surface area contributed by atoms with Crippen LogP contribution in [0.1, 0.15) is 41.1 Å². The molecule has 1 amide bonds. The highest BCUT2D eigenvalue weighted by molar-refractivity contribution is 5.95. The van der Waals surface area contributed by atoms with Crippen LogP contribution in [0.3, 0.4) is 0 Å². The first-order valence-electron chi connectivity index (χ1n) is 5.04. The molecule has 0 aromatic carbocycles. The second kappa shape index (κ2) is 5.25. The maximum Gasteiger partial charge on any atom is 0.354 e. The normalized spacial score (nSPS) is 11.9. The van der Waals surface area contributed by atoms with Crippen molar-refractivity contribution in [3.8, 4) is 0 Å². The average Bonchev–Trinajstić information content (AvgIpc) is 2.28. The molecule has 86 valence electrons. The van der Waals surface area contributed by atoms with Gasteiger partial charge in [0.05, 0.1) is 5.56 Å². The highest BCUT2D eigenvalue weighted by Crippen LogP contribution is 2.01. The number of amides is 1. The Hall–Kier alpha value is -1.91. The fourth-order valence-electron chi connectivity index (χ4n) is 1.06. The number of nitrogens with zero attached hydrogens (tertiary/aromatic N) is 1. The van der Waals surface area contributed by atoms with Crippen LogP contribution < -0.4 is 5.32 Å². The minimum Gasteiger partial charge on any atom is -0.477 e. The fraction of sp³-hybridized carbons (Fsp3) is 0.364. The Kier molecular flexibility index (Phi) is 3.99. The van der Waals surface area contributed by atoms with E-state index in [0.29, 0.717) is 5.56 Å². The van der Waals surface area contributed by atoms with Crippen molar-refractivity contribution in [3.05, 3.63) is 29.6 Å². The highest BCUT2D eigenvalue weighted by Gasteiger charge is 2.10. The van der Waals surface area contributed by atoms with Crippen LogP contribution in [0.4, 0.5) is 0 Å². The Morgan fingerprint density at radius 3 is 2.62 bits per heavy atom. The maximum absolute atomic E-state index is 11.6. The van der Waals surface area contributed by atoms with E-state index in [0.717, 1.165) is 6.42 Å². The number of carbonyl (C=O) groups is 2. The van der Waals surface area contributed by atoms with Crippen LogP contribution in [0.5, 0.6) is 0 Å². The second-order valence-corrected chi connectivity index (χ2v) is 3.52. The molecule has 0 saturated carbocycles. The maximum atomic E-state index is 11.6. The SMILES string of the molecule is CCC(C)NC(=O)c1ccc(C(=O)O)nc1. The van der Waals surface area contributed by atoms with Crippen LogP contribution in [-0.2, 0) is 0 Å². The molecule has 0 aliphatic carbocycles. The van der Waals surface area contributed by atoms with E-state index in [-0.39, 0.29) is 17.6 Å². The van der Waals surface area contributed by atoms with Gasteiger partial charge in [-0.1, -0.05) is 6.92 Å². The molecule has 0 saturated heterocycles. The molecular formula is C11H14N2O3. The zero-order chi connectivity index (χ0) is 12.1. The summed E-state index contributed by atoms with van der Waals surface area (Å²) in [5.41, 5.74) is 0.297. The van der Waals surface area contributed by atoms with Crippen LogP contribution in [0.2, 0.25) is 0 Å². The Morgan fingerprint density at radius 2 is 2.19 bits per heavy atom. The number of carboxylic acids is 1. The number of nitrogens with one attached hydrogen (secondary N) is 1. The molecule has 1 aromatic heterocycles. The van der Waals surface area contributed by atoms with E-state index in [1.807, 2.05) is 13.8 Å². The van der Waals surface area contributed by atoms with Crippen molar-refractivity contribution in [2.24, 2.45) is 0 Å². The third-order valence-corrected chi connectivity index (χ3v) is 2.23.